The van der Waals surface area contributed by atoms with Crippen molar-refractivity contribution >= 4 is 23.2 Å². The Labute approximate surface area is 127 Å². The average Bonchev–Trinajstić information content (AvgIpc) is 3.20. The summed E-state index contributed by atoms with van der Waals surface area (Å²) in [5, 5.41) is 16.8. The standard InChI is InChI=1S/C15H20N2O3S/c18-8-12(17-15(20)13-2-1-5-21-13)14(19)16-11-7-9-3-4-10(11)6-9/h1-2,5,9-12,18H,3-4,6-8H2,(H,16,19)(H,17,20). The second kappa shape index (κ2) is 6.15. The van der Waals surface area contributed by atoms with E-state index in [0.29, 0.717) is 10.8 Å². The van der Waals surface area contributed by atoms with Crippen molar-refractivity contribution in [3.63, 3.8) is 0 Å². The van der Waals surface area contributed by atoms with Crippen LogP contribution in [-0.2, 0) is 4.79 Å². The normalized spacial score (nSPS) is 28.3. The zero-order chi connectivity index (χ0) is 14.8. The van der Waals surface area contributed by atoms with Crippen LogP contribution in [-0.4, -0.2) is 35.6 Å². The fraction of sp³-hybridized carbons (Fsp3) is 0.600. The molecule has 2 saturated carbocycles. The third-order valence-electron chi connectivity index (χ3n) is 4.62. The predicted molar refractivity (Wildman–Crippen MR) is 80.0 cm³/mol. The molecule has 2 fully saturated rings. The lowest BCUT2D eigenvalue weighted by molar-refractivity contribution is -0.124. The Hall–Kier alpha value is -1.40. The fourth-order valence-electron chi connectivity index (χ4n) is 3.54. The van der Waals surface area contributed by atoms with Crippen molar-refractivity contribution < 1.29 is 14.7 Å². The van der Waals surface area contributed by atoms with Gasteiger partial charge in [-0.3, -0.25) is 9.59 Å². The molecule has 1 aromatic rings. The quantitative estimate of drug-likeness (QED) is 0.763. The minimum absolute atomic E-state index is 0.212. The first-order valence-electron chi connectivity index (χ1n) is 7.43. The highest BCUT2D eigenvalue weighted by atomic mass is 32.1. The minimum atomic E-state index is -0.876. The largest absolute Gasteiger partial charge is 0.394 e. The highest BCUT2D eigenvalue weighted by Crippen LogP contribution is 2.44. The van der Waals surface area contributed by atoms with Crippen molar-refractivity contribution in [1.29, 1.82) is 0 Å². The van der Waals surface area contributed by atoms with Gasteiger partial charge in [-0.2, -0.15) is 0 Å². The highest BCUT2D eigenvalue weighted by Gasteiger charge is 2.40. The van der Waals surface area contributed by atoms with Crippen LogP contribution in [0.2, 0.25) is 0 Å². The van der Waals surface area contributed by atoms with Crippen LogP contribution in [0.15, 0.2) is 17.5 Å². The van der Waals surface area contributed by atoms with Crippen LogP contribution < -0.4 is 10.6 Å². The van der Waals surface area contributed by atoms with Gasteiger partial charge in [-0.1, -0.05) is 12.5 Å². The van der Waals surface area contributed by atoms with Crippen molar-refractivity contribution in [2.24, 2.45) is 11.8 Å². The molecule has 2 bridgehead atoms. The van der Waals surface area contributed by atoms with Crippen LogP contribution >= 0.6 is 11.3 Å². The van der Waals surface area contributed by atoms with Gasteiger partial charge in [0.2, 0.25) is 5.91 Å². The summed E-state index contributed by atoms with van der Waals surface area (Å²) in [7, 11) is 0. The molecule has 21 heavy (non-hydrogen) atoms. The van der Waals surface area contributed by atoms with Crippen LogP contribution in [0.25, 0.3) is 0 Å². The van der Waals surface area contributed by atoms with Gasteiger partial charge >= 0.3 is 0 Å². The summed E-state index contributed by atoms with van der Waals surface area (Å²) in [4.78, 5) is 24.7. The summed E-state index contributed by atoms with van der Waals surface area (Å²) in [5.41, 5.74) is 0. The Balaban J connectivity index is 1.55. The SMILES string of the molecule is O=C(NC(CO)C(=O)NC1CC2CCC1C2)c1cccs1. The number of rotatable bonds is 5. The maximum absolute atomic E-state index is 12.2. The molecule has 114 valence electrons. The molecule has 4 unspecified atom stereocenters. The Morgan fingerprint density at radius 1 is 1.38 bits per heavy atom. The number of carbonyl (C=O) groups is 2. The van der Waals surface area contributed by atoms with Crippen molar-refractivity contribution in [1.82, 2.24) is 10.6 Å². The van der Waals surface area contributed by atoms with Crippen molar-refractivity contribution in [2.75, 3.05) is 6.61 Å². The smallest absolute Gasteiger partial charge is 0.262 e. The molecule has 5 nitrogen and oxygen atoms in total. The Bertz CT molecular complexity index is 517. The van der Waals surface area contributed by atoms with Gasteiger partial charge in [0.1, 0.15) is 6.04 Å². The van der Waals surface area contributed by atoms with E-state index < -0.39 is 6.04 Å². The van der Waals surface area contributed by atoms with Gasteiger partial charge in [-0.25, -0.2) is 0 Å². The Kier molecular flexibility index (Phi) is 4.26. The van der Waals surface area contributed by atoms with Crippen molar-refractivity contribution in [3.8, 4) is 0 Å². The summed E-state index contributed by atoms with van der Waals surface area (Å²) in [6.45, 7) is -0.385. The summed E-state index contributed by atoms with van der Waals surface area (Å²) < 4.78 is 0. The van der Waals surface area contributed by atoms with Gasteiger partial charge in [0, 0.05) is 6.04 Å². The average molecular weight is 308 g/mol. The number of aliphatic hydroxyl groups excluding tert-OH is 1. The number of hydrogen-bond acceptors (Lipinski definition) is 4. The molecule has 3 rings (SSSR count). The van der Waals surface area contributed by atoms with Crippen LogP contribution in [0.4, 0.5) is 0 Å². The lowest BCUT2D eigenvalue weighted by Crippen LogP contribution is -2.52. The molecule has 1 heterocycles. The lowest BCUT2D eigenvalue weighted by Gasteiger charge is -2.25. The zero-order valence-electron chi connectivity index (χ0n) is 11.7. The van der Waals surface area contributed by atoms with Crippen LogP contribution in [0, 0.1) is 11.8 Å². The Morgan fingerprint density at radius 2 is 2.24 bits per heavy atom. The minimum Gasteiger partial charge on any atom is -0.394 e. The maximum atomic E-state index is 12.2. The summed E-state index contributed by atoms with van der Waals surface area (Å²) >= 11 is 1.31. The first kappa shape index (κ1) is 14.5. The molecule has 4 atom stereocenters. The van der Waals surface area contributed by atoms with E-state index in [4.69, 9.17) is 0 Å². The number of carbonyl (C=O) groups excluding carboxylic acids is 2. The third-order valence-corrected chi connectivity index (χ3v) is 5.48. The van der Waals surface area contributed by atoms with E-state index in [1.165, 1.54) is 30.6 Å². The van der Waals surface area contributed by atoms with E-state index in [2.05, 4.69) is 10.6 Å². The molecule has 3 N–H and O–H groups in total. The van der Waals surface area contributed by atoms with Gasteiger partial charge in [-0.05, 0) is 42.5 Å². The predicted octanol–water partition coefficient (Wildman–Crippen LogP) is 1.14. The van der Waals surface area contributed by atoms with Crippen molar-refractivity contribution in [3.05, 3.63) is 22.4 Å². The monoisotopic (exact) mass is 308 g/mol. The molecule has 0 aromatic carbocycles. The topological polar surface area (TPSA) is 78.4 Å². The number of nitrogens with one attached hydrogen (secondary N) is 2. The zero-order valence-corrected chi connectivity index (χ0v) is 12.6. The van der Waals surface area contributed by atoms with E-state index in [9.17, 15) is 14.7 Å². The summed E-state index contributed by atoms with van der Waals surface area (Å²) in [6.07, 6.45) is 4.69. The molecule has 0 spiro atoms. The first-order valence-corrected chi connectivity index (χ1v) is 8.31. The van der Waals surface area contributed by atoms with E-state index in [-0.39, 0.29) is 24.5 Å². The molecular formula is C15H20N2O3S. The van der Waals surface area contributed by atoms with E-state index in [1.54, 1.807) is 17.5 Å². The number of aliphatic hydroxyl groups is 1. The molecule has 0 radical (unpaired) electrons. The van der Waals surface area contributed by atoms with Gasteiger partial charge in [0.25, 0.3) is 5.91 Å². The van der Waals surface area contributed by atoms with E-state index in [0.717, 1.165) is 12.3 Å². The van der Waals surface area contributed by atoms with Gasteiger partial charge in [0.15, 0.2) is 0 Å². The highest BCUT2D eigenvalue weighted by molar-refractivity contribution is 7.12. The van der Waals surface area contributed by atoms with Gasteiger partial charge < -0.3 is 15.7 Å². The molecule has 2 aliphatic rings. The van der Waals surface area contributed by atoms with Crippen LogP contribution in [0.3, 0.4) is 0 Å². The van der Waals surface area contributed by atoms with Gasteiger partial charge in [-0.15, -0.1) is 11.3 Å². The maximum Gasteiger partial charge on any atom is 0.262 e. The second-order valence-electron chi connectivity index (χ2n) is 5.98. The molecule has 2 aliphatic carbocycles. The van der Waals surface area contributed by atoms with Gasteiger partial charge in [0.05, 0.1) is 11.5 Å². The number of hydrogen-bond donors (Lipinski definition) is 3. The van der Waals surface area contributed by atoms with E-state index in [1.807, 2.05) is 0 Å². The molecule has 6 heteroatoms. The molecule has 0 aliphatic heterocycles. The Morgan fingerprint density at radius 3 is 2.81 bits per heavy atom. The molecule has 2 amide bonds. The van der Waals surface area contributed by atoms with Crippen molar-refractivity contribution in [2.45, 2.75) is 37.8 Å². The molecule has 0 saturated heterocycles. The summed E-state index contributed by atoms with van der Waals surface area (Å²) in [6, 6.07) is 2.81. The summed E-state index contributed by atoms with van der Waals surface area (Å²) in [5.74, 6) is 0.729. The molecule has 1 aromatic heterocycles. The van der Waals surface area contributed by atoms with E-state index >= 15 is 0 Å². The number of thiophene rings is 1. The lowest BCUT2D eigenvalue weighted by atomic mass is 9.95. The fourth-order valence-corrected chi connectivity index (χ4v) is 4.16. The number of amides is 2. The van der Waals surface area contributed by atoms with Crippen LogP contribution in [0.1, 0.15) is 35.4 Å². The third kappa shape index (κ3) is 3.11. The van der Waals surface area contributed by atoms with Crippen LogP contribution in [0.5, 0.6) is 0 Å². The second-order valence-corrected chi connectivity index (χ2v) is 6.92. The number of fused-ring (bicyclic) bond motifs is 2. The first-order chi connectivity index (χ1) is 10.2. The molecular weight excluding hydrogens is 288 g/mol.